The van der Waals surface area contributed by atoms with E-state index in [2.05, 4.69) is 9.72 Å². The van der Waals surface area contributed by atoms with Crippen LogP contribution in [0.3, 0.4) is 0 Å². The van der Waals surface area contributed by atoms with Crippen LogP contribution in [-0.4, -0.2) is 48.7 Å². The van der Waals surface area contributed by atoms with E-state index in [1.165, 1.54) is 0 Å². The van der Waals surface area contributed by atoms with Crippen LogP contribution in [0.1, 0.15) is 0 Å². The third-order valence-corrected chi connectivity index (χ3v) is 0.152. The van der Waals surface area contributed by atoms with Crippen LogP contribution < -0.4 is 0 Å². The minimum atomic E-state index is -4.67. The van der Waals surface area contributed by atoms with E-state index in [4.69, 9.17) is 22.5 Å². The predicted octanol–water partition coefficient (Wildman–Crippen LogP) is -1.54. The predicted molar refractivity (Wildman–Crippen MR) is 33.7 cm³/mol. The average molecular weight is 204 g/mol. The summed E-state index contributed by atoms with van der Waals surface area (Å²) in [5.74, 6) is 0. The van der Waals surface area contributed by atoms with Gasteiger partial charge in [-0.15, -0.1) is 0 Å². The van der Waals surface area contributed by atoms with Crippen LogP contribution in [0.2, 0.25) is 0 Å². The molecule has 0 aromatic carbocycles. The molecule has 0 aliphatic rings. The molecule has 0 heterocycles. The van der Waals surface area contributed by atoms with E-state index in [1.807, 2.05) is 0 Å². The molecule has 0 radical (unpaired) electrons. The van der Waals surface area contributed by atoms with E-state index in [1.54, 1.807) is 0 Å². The molecule has 7 nitrogen and oxygen atoms in total. The fourth-order valence-electron chi connectivity index (χ4n) is 0.0137. The summed E-state index contributed by atoms with van der Waals surface area (Å²) in [4.78, 5) is 4.72. The molecule has 0 saturated carbocycles. The van der Waals surface area contributed by atoms with Crippen LogP contribution in [0.5, 0.6) is 0 Å². The van der Waals surface area contributed by atoms with Gasteiger partial charge in [-0.3, -0.25) is 9.11 Å². The Labute approximate surface area is 78.4 Å². The van der Waals surface area contributed by atoms with Gasteiger partial charge in [0.05, 0.1) is 0 Å². The third kappa shape index (κ3) is 48.4. The number of halogens is 2. The van der Waals surface area contributed by atoms with Crippen molar-refractivity contribution in [1.29, 1.82) is 0 Å². The van der Waals surface area contributed by atoms with Gasteiger partial charge in [0.2, 0.25) is 0 Å². The summed E-state index contributed by atoms with van der Waals surface area (Å²) in [6.07, 6.45) is 0. The average Bonchev–Trinajstić information content (AvgIpc) is 1.83. The minimum absolute atomic E-state index is 0. The zero-order valence-electron chi connectivity index (χ0n) is 4.72. The first-order chi connectivity index (χ1) is 4.81. The molecule has 12 heteroatoms. The van der Waals surface area contributed by atoms with Gasteiger partial charge in [0.15, 0.2) is 0 Å². The zero-order valence-corrected chi connectivity index (χ0v) is 5.53. The number of rotatable bonds is 2. The molecular formula is H4BF2LiO7S. The van der Waals surface area contributed by atoms with Gasteiger partial charge in [-0.2, -0.15) is 18.1 Å². The standard InChI is InChI=1S/BF2HO3.Li.H2O4S.H/c2-5-1(4)6-3;;1-5(2,3)4;/h4H;;(H2,1,2,3,4);. The number of hydrogen-bond donors (Lipinski definition) is 3. The van der Waals surface area contributed by atoms with Crippen molar-refractivity contribution < 1.29 is 41.3 Å². The molecule has 0 aliphatic heterocycles. The SMILES string of the molecule is O=S(=O)(O)O.OB(OF)OF.[LiH]. The molecule has 0 spiro atoms. The summed E-state index contributed by atoms with van der Waals surface area (Å²) in [5, 5.41) is 7.47. The van der Waals surface area contributed by atoms with Crippen LogP contribution >= 0.6 is 0 Å². The Morgan fingerprint density at radius 2 is 1.33 bits per heavy atom. The fourth-order valence-corrected chi connectivity index (χ4v) is 0.0137. The molecule has 3 N–H and O–H groups in total. The van der Waals surface area contributed by atoms with Crippen molar-refractivity contribution in [2.45, 2.75) is 0 Å². The topological polar surface area (TPSA) is 113 Å². The Hall–Kier alpha value is 0.272. The quantitative estimate of drug-likeness (QED) is 0.369. The Balaban J connectivity index is -0.000000126. The molecule has 70 valence electrons. The van der Waals surface area contributed by atoms with Gasteiger partial charge in [0.25, 0.3) is 0 Å². The van der Waals surface area contributed by atoms with Crippen LogP contribution in [0.4, 0.5) is 9.05 Å². The summed E-state index contributed by atoms with van der Waals surface area (Å²) < 4.78 is 52.1. The Kier molecular flexibility index (Phi) is 14.1. The van der Waals surface area contributed by atoms with Crippen LogP contribution in [0, 0.1) is 0 Å². The third-order valence-electron chi connectivity index (χ3n) is 0.152. The molecule has 0 amide bonds. The molecule has 0 saturated heterocycles. The molecule has 0 unspecified atom stereocenters. The van der Waals surface area contributed by atoms with Gasteiger partial charge in [0, 0.05) is 0 Å². The fraction of sp³-hybridized carbons (Fsp3) is 0. The first-order valence-electron chi connectivity index (χ1n) is 1.74. The molecule has 0 aromatic rings. The molecule has 0 atom stereocenters. The van der Waals surface area contributed by atoms with E-state index < -0.39 is 17.7 Å². The molecule has 0 fully saturated rings. The number of hydrogen-bond acceptors (Lipinski definition) is 5. The van der Waals surface area contributed by atoms with E-state index in [0.717, 1.165) is 0 Å². The molecule has 0 bridgehead atoms. The van der Waals surface area contributed by atoms with Crippen molar-refractivity contribution in [3.8, 4) is 0 Å². The van der Waals surface area contributed by atoms with Gasteiger partial charge in [-0.25, -0.2) is 0 Å². The second-order valence-electron chi connectivity index (χ2n) is 0.933. The van der Waals surface area contributed by atoms with Gasteiger partial charge >= 0.3 is 36.6 Å². The summed E-state index contributed by atoms with van der Waals surface area (Å²) in [6.45, 7) is 0. The maximum absolute atomic E-state index is 10.3. The van der Waals surface area contributed by atoms with Crippen molar-refractivity contribution >= 4 is 36.6 Å². The monoisotopic (exact) mass is 204 g/mol. The Morgan fingerprint density at radius 1 is 1.17 bits per heavy atom. The Morgan fingerprint density at radius 3 is 1.33 bits per heavy atom. The zero-order chi connectivity index (χ0) is 9.49. The van der Waals surface area contributed by atoms with E-state index in [9.17, 15) is 9.05 Å². The normalized spacial score (nSPS) is 9.08. The second-order valence-corrected chi connectivity index (χ2v) is 1.83. The molecule has 0 rings (SSSR count). The van der Waals surface area contributed by atoms with Crippen molar-refractivity contribution in [1.82, 2.24) is 0 Å². The van der Waals surface area contributed by atoms with Gasteiger partial charge in [-0.05, 0) is 0 Å². The van der Waals surface area contributed by atoms with Crippen LogP contribution in [0.25, 0.3) is 0 Å². The first kappa shape index (κ1) is 18.1. The van der Waals surface area contributed by atoms with Gasteiger partial charge < -0.3 is 5.02 Å². The summed E-state index contributed by atoms with van der Waals surface area (Å²) >= 11 is 0. The summed E-state index contributed by atoms with van der Waals surface area (Å²) in [5.41, 5.74) is 0. The molecule has 0 aliphatic carbocycles. The van der Waals surface area contributed by atoms with Crippen molar-refractivity contribution in [2.75, 3.05) is 0 Å². The molecule has 12 heavy (non-hydrogen) atoms. The van der Waals surface area contributed by atoms with E-state index in [0.29, 0.717) is 0 Å². The van der Waals surface area contributed by atoms with Crippen molar-refractivity contribution in [3.05, 3.63) is 0 Å². The van der Waals surface area contributed by atoms with E-state index in [-0.39, 0.29) is 18.9 Å². The molecular weight excluding hydrogens is 200 g/mol. The van der Waals surface area contributed by atoms with E-state index >= 15 is 0 Å². The first-order valence-corrected chi connectivity index (χ1v) is 3.13. The second kappa shape index (κ2) is 9.36. The summed E-state index contributed by atoms with van der Waals surface area (Å²) in [6, 6.07) is 0. The van der Waals surface area contributed by atoms with Gasteiger partial charge in [0.1, 0.15) is 0 Å². The van der Waals surface area contributed by atoms with Gasteiger partial charge in [-0.1, -0.05) is 9.05 Å². The Bertz CT molecular complexity index is 156. The maximum atomic E-state index is 10.3. The summed E-state index contributed by atoms with van der Waals surface area (Å²) in [7, 11) is -7.06. The molecule has 0 aromatic heterocycles. The van der Waals surface area contributed by atoms with Crippen molar-refractivity contribution in [2.24, 2.45) is 0 Å². The van der Waals surface area contributed by atoms with Crippen molar-refractivity contribution in [3.63, 3.8) is 0 Å². The van der Waals surface area contributed by atoms with Crippen LogP contribution in [-0.2, 0) is 20.1 Å². The van der Waals surface area contributed by atoms with Crippen LogP contribution in [0.15, 0.2) is 0 Å².